The average Bonchev–Trinajstić information content (AvgIpc) is 2.34. The second kappa shape index (κ2) is 2.73. The van der Waals surface area contributed by atoms with E-state index in [1.165, 1.54) is 0 Å². The number of ketones is 1. The van der Waals surface area contributed by atoms with Crippen LogP contribution in [0.2, 0.25) is 0 Å². The van der Waals surface area contributed by atoms with Crippen molar-refractivity contribution >= 4 is 18.5 Å². The van der Waals surface area contributed by atoms with Crippen LogP contribution in [0.1, 0.15) is 19.3 Å². The van der Waals surface area contributed by atoms with Gasteiger partial charge in [-0.3, -0.25) is 9.22 Å². The standard InChI is InChI=1S/C7H9O3/c1-10-7(9)5-3-2-4-6(5)8/h5H,1-4H2/q+1. The molecule has 0 spiro atoms. The lowest BCUT2D eigenvalue weighted by atomic mass is 10.1. The van der Waals surface area contributed by atoms with Crippen LogP contribution >= 0.6 is 0 Å². The maximum Gasteiger partial charge on any atom is 0.589 e. The molecule has 0 aromatic heterocycles. The summed E-state index contributed by atoms with van der Waals surface area (Å²) in [4.78, 5) is 21.6. The quantitative estimate of drug-likeness (QED) is 0.388. The number of carbonyl (C=O) groups is 2. The Morgan fingerprint density at radius 3 is 2.80 bits per heavy atom. The molecule has 3 nitrogen and oxygen atoms in total. The minimum atomic E-state index is -0.516. The maximum absolute atomic E-state index is 10.8. The van der Waals surface area contributed by atoms with E-state index in [4.69, 9.17) is 0 Å². The third-order valence-corrected chi connectivity index (χ3v) is 1.73. The second-order valence-corrected chi connectivity index (χ2v) is 2.37. The zero-order valence-corrected chi connectivity index (χ0v) is 5.63. The molecule has 0 aromatic carbocycles. The van der Waals surface area contributed by atoms with Gasteiger partial charge in [0.1, 0.15) is 0 Å². The highest BCUT2D eigenvalue weighted by Gasteiger charge is 2.38. The lowest BCUT2D eigenvalue weighted by molar-refractivity contribution is -0.372. The van der Waals surface area contributed by atoms with Gasteiger partial charge >= 0.3 is 5.97 Å². The van der Waals surface area contributed by atoms with Crippen LogP contribution in [0.15, 0.2) is 0 Å². The van der Waals surface area contributed by atoms with E-state index in [0.29, 0.717) is 12.8 Å². The third kappa shape index (κ3) is 1.12. The van der Waals surface area contributed by atoms with Crippen molar-refractivity contribution in [2.75, 3.05) is 0 Å². The molecular formula is C7H9O3+. The molecule has 0 aliphatic heterocycles. The molecule has 0 bridgehead atoms. The maximum atomic E-state index is 10.8. The Labute approximate surface area is 58.7 Å². The summed E-state index contributed by atoms with van der Waals surface area (Å²) in [6.45, 7) is 2.96. The van der Waals surface area contributed by atoms with Crippen molar-refractivity contribution in [3.8, 4) is 0 Å². The third-order valence-electron chi connectivity index (χ3n) is 1.73. The van der Waals surface area contributed by atoms with Crippen molar-refractivity contribution in [3.05, 3.63) is 0 Å². The van der Waals surface area contributed by atoms with Gasteiger partial charge in [-0.25, -0.2) is 0 Å². The highest BCUT2D eigenvalue weighted by atomic mass is 16.4. The van der Waals surface area contributed by atoms with Crippen molar-refractivity contribution < 1.29 is 14.0 Å². The molecule has 0 amide bonds. The van der Waals surface area contributed by atoms with E-state index in [0.717, 1.165) is 6.42 Å². The van der Waals surface area contributed by atoms with Crippen molar-refractivity contribution in [2.45, 2.75) is 19.3 Å². The number of rotatable bonds is 1. The molecule has 1 unspecified atom stereocenters. The van der Waals surface area contributed by atoms with Crippen molar-refractivity contribution in [1.29, 1.82) is 0 Å². The van der Waals surface area contributed by atoms with Crippen LogP contribution in [-0.2, 0) is 14.0 Å². The zero-order valence-electron chi connectivity index (χ0n) is 5.63. The first-order valence-electron chi connectivity index (χ1n) is 3.24. The summed E-state index contributed by atoms with van der Waals surface area (Å²) in [5, 5.41) is 0. The van der Waals surface area contributed by atoms with Crippen LogP contribution in [0, 0.1) is 5.92 Å². The molecule has 0 N–H and O–H groups in total. The van der Waals surface area contributed by atoms with Crippen LogP contribution in [-0.4, -0.2) is 18.5 Å². The minimum absolute atomic E-state index is 0.00588. The van der Waals surface area contributed by atoms with Gasteiger partial charge in [0.05, 0.1) is 0 Å². The predicted molar refractivity (Wildman–Crippen MR) is 34.5 cm³/mol. The molecule has 0 heterocycles. The monoisotopic (exact) mass is 141 g/mol. The summed E-state index contributed by atoms with van der Waals surface area (Å²) in [6.07, 6.45) is 1.95. The summed E-state index contributed by atoms with van der Waals surface area (Å²) >= 11 is 0. The number of carbonyl (C=O) groups excluding carboxylic acids is 3. The summed E-state index contributed by atoms with van der Waals surface area (Å²) in [5.41, 5.74) is 0. The average molecular weight is 141 g/mol. The normalized spacial score (nSPS) is 24.8. The molecule has 1 atom stereocenters. The molecule has 0 aromatic rings. The molecular weight excluding hydrogens is 132 g/mol. The summed E-state index contributed by atoms with van der Waals surface area (Å²) < 4.78 is 4.19. The second-order valence-electron chi connectivity index (χ2n) is 2.37. The van der Waals surface area contributed by atoms with E-state index in [9.17, 15) is 9.59 Å². The lowest BCUT2D eigenvalue weighted by Crippen LogP contribution is -2.18. The van der Waals surface area contributed by atoms with E-state index in [1.807, 2.05) is 0 Å². The molecule has 54 valence electrons. The number of hydrogen-bond donors (Lipinski definition) is 0. The molecule has 10 heavy (non-hydrogen) atoms. The van der Waals surface area contributed by atoms with Gasteiger partial charge in [-0.2, -0.15) is 0 Å². The summed E-state index contributed by atoms with van der Waals surface area (Å²) in [6, 6.07) is 0. The zero-order chi connectivity index (χ0) is 7.56. The molecule has 0 radical (unpaired) electrons. The van der Waals surface area contributed by atoms with Gasteiger partial charge in [0.2, 0.25) is 0 Å². The van der Waals surface area contributed by atoms with Crippen molar-refractivity contribution in [2.24, 2.45) is 5.92 Å². The SMILES string of the molecule is C=[O+]C(=O)C1CCCC1=O. The van der Waals surface area contributed by atoms with Crippen LogP contribution in [0.25, 0.3) is 0 Å². The molecule has 1 fully saturated rings. The van der Waals surface area contributed by atoms with Gasteiger partial charge in [-0.1, -0.05) is 0 Å². The lowest BCUT2D eigenvalue weighted by Gasteiger charge is -1.89. The van der Waals surface area contributed by atoms with Crippen molar-refractivity contribution in [1.82, 2.24) is 0 Å². The fraction of sp³-hybridized carbons (Fsp3) is 0.571. The summed E-state index contributed by atoms with van der Waals surface area (Å²) in [5.74, 6) is -1.01. The van der Waals surface area contributed by atoms with Gasteiger partial charge in [-0.15, -0.1) is 0 Å². The van der Waals surface area contributed by atoms with Gasteiger partial charge in [0, 0.05) is 11.2 Å². The first-order chi connectivity index (χ1) is 4.75. The predicted octanol–water partition coefficient (Wildman–Crippen LogP) is 0.247. The highest BCUT2D eigenvalue weighted by molar-refractivity contribution is 5.99. The van der Waals surface area contributed by atoms with Crippen LogP contribution in [0.3, 0.4) is 0 Å². The number of hydrogen-bond acceptors (Lipinski definition) is 2. The van der Waals surface area contributed by atoms with E-state index in [1.54, 1.807) is 0 Å². The van der Waals surface area contributed by atoms with Crippen molar-refractivity contribution in [3.63, 3.8) is 0 Å². The first kappa shape index (κ1) is 7.12. The molecule has 1 saturated carbocycles. The van der Waals surface area contributed by atoms with Crippen LogP contribution < -0.4 is 0 Å². The van der Waals surface area contributed by atoms with Gasteiger partial charge < -0.3 is 0 Å². The Morgan fingerprint density at radius 2 is 2.40 bits per heavy atom. The molecule has 1 aliphatic rings. The molecule has 3 heteroatoms. The van der Waals surface area contributed by atoms with E-state index in [2.05, 4.69) is 11.2 Å². The summed E-state index contributed by atoms with van der Waals surface area (Å²) in [7, 11) is 0. The highest BCUT2D eigenvalue weighted by Crippen LogP contribution is 2.21. The fourth-order valence-electron chi connectivity index (χ4n) is 1.17. The Hall–Kier alpha value is -0.990. The van der Waals surface area contributed by atoms with E-state index < -0.39 is 11.9 Å². The van der Waals surface area contributed by atoms with Crippen LogP contribution in [0.4, 0.5) is 0 Å². The smallest absolute Gasteiger partial charge is 0.298 e. The Kier molecular flexibility index (Phi) is 1.94. The van der Waals surface area contributed by atoms with Gasteiger partial charge in [0.15, 0.2) is 18.5 Å². The van der Waals surface area contributed by atoms with E-state index >= 15 is 0 Å². The Bertz CT molecular complexity index is 183. The van der Waals surface area contributed by atoms with Crippen LogP contribution in [0.5, 0.6) is 0 Å². The minimum Gasteiger partial charge on any atom is -0.298 e. The van der Waals surface area contributed by atoms with Gasteiger partial charge in [-0.05, 0) is 12.8 Å². The largest absolute Gasteiger partial charge is 0.589 e. The molecule has 1 rings (SSSR count). The van der Waals surface area contributed by atoms with Gasteiger partial charge in [0.25, 0.3) is 0 Å². The fourth-order valence-corrected chi connectivity index (χ4v) is 1.17. The molecule has 1 aliphatic carbocycles. The first-order valence-corrected chi connectivity index (χ1v) is 3.24. The number of Topliss-reactive ketones (excluding diaryl/α,β-unsaturated/α-hetero) is 1. The Balaban J connectivity index is 2.63. The molecule has 0 saturated heterocycles. The Morgan fingerprint density at radius 1 is 1.70 bits per heavy atom. The topological polar surface area (TPSA) is 45.4 Å². The van der Waals surface area contributed by atoms with E-state index in [-0.39, 0.29) is 5.78 Å².